The van der Waals surface area contributed by atoms with Gasteiger partial charge >= 0.3 is 0 Å². The molecule has 0 radical (unpaired) electrons. The Kier molecular flexibility index (Phi) is 12.7. The van der Waals surface area contributed by atoms with Gasteiger partial charge in [-0.25, -0.2) is 0 Å². The Hall–Kier alpha value is -1.00. The van der Waals surface area contributed by atoms with Gasteiger partial charge in [-0.15, -0.1) is 22.7 Å². The summed E-state index contributed by atoms with van der Waals surface area (Å²) in [6.45, 7) is 10.0. The Labute approximate surface area is 364 Å². The van der Waals surface area contributed by atoms with Gasteiger partial charge in [0.2, 0.25) is 0 Å². The van der Waals surface area contributed by atoms with E-state index in [2.05, 4.69) is 84.4 Å². The van der Waals surface area contributed by atoms with Crippen molar-refractivity contribution in [3.63, 3.8) is 0 Å². The van der Waals surface area contributed by atoms with Crippen molar-refractivity contribution in [1.29, 1.82) is 0 Å². The Morgan fingerprint density at radius 3 is 0.948 bits per heavy atom. The SMILES string of the molecule is CC1CCC(N(c2ccc(C3CC4C5CCCCC5C(c5ccc(N(C6CCC(C)CC6)C6CCC(C)CC6)s5)CC4C4CCCCC34)s2)C2CCC(C)CC2)CC1. The number of hydrogen-bond acceptors (Lipinski definition) is 4. The summed E-state index contributed by atoms with van der Waals surface area (Å²) in [6, 6.07) is 13.9. The molecule has 2 nitrogen and oxygen atoms in total. The largest absolute Gasteiger partial charge is 0.357 e. The zero-order valence-electron chi connectivity index (χ0n) is 37.6. The molecule has 8 unspecified atom stereocenters. The number of anilines is 2. The lowest BCUT2D eigenvalue weighted by atomic mass is 9.47. The van der Waals surface area contributed by atoms with Crippen LogP contribution in [-0.2, 0) is 0 Å². The smallest absolute Gasteiger partial charge is 0.0916 e. The van der Waals surface area contributed by atoms with Crippen molar-refractivity contribution in [3.8, 4) is 0 Å². The predicted octanol–water partition coefficient (Wildman–Crippen LogP) is 16.3. The molecular weight excluding hydrogens is 741 g/mol. The van der Waals surface area contributed by atoms with E-state index < -0.39 is 0 Å². The zero-order valence-corrected chi connectivity index (χ0v) is 39.3. The van der Waals surface area contributed by atoms with Crippen LogP contribution in [0.1, 0.15) is 216 Å². The van der Waals surface area contributed by atoms with Gasteiger partial charge in [-0.2, -0.15) is 0 Å². The van der Waals surface area contributed by atoms with E-state index in [4.69, 9.17) is 0 Å². The minimum atomic E-state index is 0.778. The van der Waals surface area contributed by atoms with E-state index in [0.29, 0.717) is 0 Å². The first-order valence-corrected chi connectivity index (χ1v) is 27.8. The van der Waals surface area contributed by atoms with E-state index in [-0.39, 0.29) is 0 Å². The van der Waals surface area contributed by atoms with Crippen LogP contribution in [0.5, 0.6) is 0 Å². The summed E-state index contributed by atoms with van der Waals surface area (Å²) in [4.78, 5) is 9.77. The molecular formula is C54H84N2S2. The molecule has 0 spiro atoms. The number of rotatable bonds is 8. The van der Waals surface area contributed by atoms with Crippen LogP contribution < -0.4 is 9.80 Å². The molecule has 8 aliphatic carbocycles. The second-order valence-corrected chi connectivity index (χ2v) is 25.2. The standard InChI is InChI=1S/C54H84N2S2/c1-35-13-21-39(22-14-35)55(40-23-15-36(2)16-24-40)53-31-29-51(57-53)49-33-47-44-10-6-8-12-46(44)50(34-48(47)43-9-5-7-11-45(43)49)52-30-32-54(58-52)56(41-25-17-37(3)18-26-41)42-27-19-38(4)20-28-42/h29-32,35-50H,5-28,33-34H2,1-4H3. The Balaban J connectivity index is 0.915. The fraction of sp³-hybridized carbons (Fsp3) is 0.852. The van der Waals surface area contributed by atoms with E-state index in [1.54, 1.807) is 10.0 Å². The molecule has 8 fully saturated rings. The third-order valence-corrected chi connectivity index (χ3v) is 21.9. The highest BCUT2D eigenvalue weighted by Gasteiger charge is 2.54. The van der Waals surface area contributed by atoms with Crippen molar-refractivity contribution in [2.24, 2.45) is 59.2 Å². The van der Waals surface area contributed by atoms with Crippen LogP contribution in [-0.4, -0.2) is 24.2 Å². The van der Waals surface area contributed by atoms with Gasteiger partial charge in [0, 0.05) is 33.9 Å². The van der Waals surface area contributed by atoms with Crippen molar-refractivity contribution in [3.05, 3.63) is 34.0 Å². The van der Waals surface area contributed by atoms with E-state index in [1.807, 2.05) is 9.75 Å². The summed E-state index contributed by atoms with van der Waals surface area (Å²) in [7, 11) is 0. The van der Waals surface area contributed by atoms with Crippen LogP contribution >= 0.6 is 22.7 Å². The van der Waals surface area contributed by atoms with Gasteiger partial charge in [0.15, 0.2) is 0 Å². The molecule has 0 aliphatic heterocycles. The van der Waals surface area contributed by atoms with Crippen LogP contribution in [0, 0.1) is 59.2 Å². The molecule has 2 aromatic rings. The van der Waals surface area contributed by atoms with Crippen LogP contribution in [0.4, 0.5) is 10.0 Å². The fourth-order valence-electron chi connectivity index (χ4n) is 16.1. The molecule has 8 saturated carbocycles. The highest BCUT2D eigenvalue weighted by molar-refractivity contribution is 7.16. The lowest BCUT2D eigenvalue weighted by Crippen LogP contribution is -2.50. The van der Waals surface area contributed by atoms with Crippen LogP contribution in [0.2, 0.25) is 0 Å². The molecule has 0 N–H and O–H groups in total. The normalized spacial score (nSPS) is 43.4. The second-order valence-electron chi connectivity index (χ2n) is 23.1. The number of hydrogen-bond donors (Lipinski definition) is 0. The summed E-state index contributed by atoms with van der Waals surface area (Å²) < 4.78 is 0. The topological polar surface area (TPSA) is 6.48 Å². The van der Waals surface area contributed by atoms with Gasteiger partial charge in [0.25, 0.3) is 0 Å². The molecule has 0 saturated heterocycles. The molecule has 0 aromatic carbocycles. The van der Waals surface area contributed by atoms with E-state index in [0.717, 1.165) is 95.2 Å². The molecule has 10 rings (SSSR count). The van der Waals surface area contributed by atoms with Gasteiger partial charge in [0.1, 0.15) is 0 Å². The van der Waals surface area contributed by atoms with Crippen molar-refractivity contribution in [2.75, 3.05) is 9.80 Å². The van der Waals surface area contributed by atoms with E-state index in [1.165, 1.54) is 167 Å². The Bertz CT molecular complexity index is 1430. The maximum Gasteiger partial charge on any atom is 0.0916 e. The number of nitrogens with zero attached hydrogens (tertiary/aromatic N) is 2. The quantitative estimate of drug-likeness (QED) is 0.262. The van der Waals surface area contributed by atoms with E-state index >= 15 is 0 Å². The third-order valence-electron chi connectivity index (χ3n) is 19.5. The molecule has 322 valence electrons. The molecule has 0 bridgehead atoms. The monoisotopic (exact) mass is 825 g/mol. The molecule has 4 heteroatoms. The summed E-state index contributed by atoms with van der Waals surface area (Å²) >= 11 is 4.62. The average molecular weight is 825 g/mol. The molecule has 0 amide bonds. The first kappa shape index (κ1) is 41.0. The maximum atomic E-state index is 3.07. The van der Waals surface area contributed by atoms with Gasteiger partial charge in [-0.3, -0.25) is 0 Å². The summed E-state index contributed by atoms with van der Waals surface area (Å²) in [5.41, 5.74) is 0. The second kappa shape index (κ2) is 18.0. The summed E-state index contributed by atoms with van der Waals surface area (Å²) in [5.74, 6) is 11.1. The van der Waals surface area contributed by atoms with Gasteiger partial charge in [-0.05, 0) is 237 Å². The van der Waals surface area contributed by atoms with Gasteiger partial charge < -0.3 is 9.80 Å². The molecule has 2 aromatic heterocycles. The lowest BCUT2D eigenvalue weighted by molar-refractivity contribution is -0.0604. The van der Waals surface area contributed by atoms with Gasteiger partial charge in [0.05, 0.1) is 10.0 Å². The Morgan fingerprint density at radius 1 is 0.345 bits per heavy atom. The van der Waals surface area contributed by atoms with Crippen molar-refractivity contribution < 1.29 is 0 Å². The van der Waals surface area contributed by atoms with Gasteiger partial charge in [-0.1, -0.05) is 53.4 Å². The fourth-order valence-corrected chi connectivity index (χ4v) is 18.8. The minimum Gasteiger partial charge on any atom is -0.357 e. The van der Waals surface area contributed by atoms with E-state index in [9.17, 15) is 0 Å². The first-order chi connectivity index (χ1) is 28.4. The van der Waals surface area contributed by atoms with Crippen LogP contribution in [0.25, 0.3) is 0 Å². The maximum absolute atomic E-state index is 3.07. The average Bonchev–Trinajstić information content (AvgIpc) is 3.94. The predicted molar refractivity (Wildman–Crippen MR) is 252 cm³/mol. The van der Waals surface area contributed by atoms with Crippen molar-refractivity contribution in [1.82, 2.24) is 0 Å². The lowest BCUT2D eigenvalue weighted by Gasteiger charge is -2.58. The minimum absolute atomic E-state index is 0.778. The van der Waals surface area contributed by atoms with Crippen LogP contribution in [0.15, 0.2) is 24.3 Å². The Morgan fingerprint density at radius 2 is 0.638 bits per heavy atom. The molecule has 8 aliphatic rings. The van der Waals surface area contributed by atoms with Crippen LogP contribution in [0.3, 0.4) is 0 Å². The highest BCUT2D eigenvalue weighted by atomic mass is 32.1. The zero-order chi connectivity index (χ0) is 39.3. The molecule has 2 heterocycles. The van der Waals surface area contributed by atoms with Crippen molar-refractivity contribution >= 4 is 32.7 Å². The number of fused-ring (bicyclic) bond motifs is 5. The third kappa shape index (κ3) is 8.30. The van der Waals surface area contributed by atoms with Crippen molar-refractivity contribution in [2.45, 2.75) is 231 Å². The number of thiophene rings is 2. The summed E-state index contributed by atoms with van der Waals surface area (Å²) in [5, 5.41) is 3.35. The molecule has 58 heavy (non-hydrogen) atoms. The first-order valence-electron chi connectivity index (χ1n) is 26.1. The summed E-state index contributed by atoms with van der Waals surface area (Å²) in [6.07, 6.45) is 38.0. The molecule has 8 atom stereocenters. The highest BCUT2D eigenvalue weighted by Crippen LogP contribution is 2.64.